The molecule has 186 valence electrons. The number of methoxy groups -OCH3 is 1. The van der Waals surface area contributed by atoms with Crippen LogP contribution in [-0.4, -0.2) is 45.7 Å². The van der Waals surface area contributed by atoms with Gasteiger partial charge in [-0.3, -0.25) is 10.2 Å². The van der Waals surface area contributed by atoms with Crippen LogP contribution in [0.25, 0.3) is 0 Å². The Balaban J connectivity index is 2.14. The summed E-state index contributed by atoms with van der Waals surface area (Å²) in [6.45, 7) is 7.19. The zero-order valence-corrected chi connectivity index (χ0v) is 20.6. The molecule has 2 aromatic rings. The summed E-state index contributed by atoms with van der Waals surface area (Å²) in [5.74, 6) is -0.458. The maximum atomic E-state index is 12.8. The molecule has 0 bridgehead atoms. The molecular weight excluding hydrogens is 464 g/mol. The molecule has 0 saturated carbocycles. The highest BCUT2D eigenvalue weighted by atomic mass is 32.2. The third kappa shape index (κ3) is 7.09. The number of carbonyl (C=O) groups excluding carboxylic acids is 1. The van der Waals surface area contributed by atoms with Crippen LogP contribution in [0.4, 0.5) is 0 Å². The Bertz CT molecular complexity index is 1150. The first-order valence-corrected chi connectivity index (χ1v) is 12.0. The summed E-state index contributed by atoms with van der Waals surface area (Å²) in [5, 5.41) is 8.84. The molecular formula is C23H30N2O8S. The van der Waals surface area contributed by atoms with Crippen LogP contribution in [0.1, 0.15) is 41.8 Å². The topological polar surface area (TPSA) is 140 Å². The van der Waals surface area contributed by atoms with E-state index in [4.69, 9.17) is 19.3 Å². The van der Waals surface area contributed by atoms with Crippen LogP contribution in [0.15, 0.2) is 35.2 Å². The van der Waals surface area contributed by atoms with Crippen LogP contribution >= 0.6 is 0 Å². The minimum Gasteiger partial charge on any atom is -0.493 e. The SMILES string of the molecule is COc1cc(C(=O)NNS(=O)(=O)c2ccc(C)c(OCC(=O)O)c2C)ccc1OCCC(C)C. The van der Waals surface area contributed by atoms with Crippen molar-refractivity contribution >= 4 is 21.9 Å². The van der Waals surface area contributed by atoms with Gasteiger partial charge >= 0.3 is 5.97 Å². The average Bonchev–Trinajstić information content (AvgIpc) is 2.76. The lowest BCUT2D eigenvalue weighted by Crippen LogP contribution is -2.41. The molecule has 0 aliphatic carbocycles. The smallest absolute Gasteiger partial charge is 0.341 e. The number of benzene rings is 2. The third-order valence-electron chi connectivity index (χ3n) is 4.86. The molecule has 0 aliphatic heterocycles. The van der Waals surface area contributed by atoms with Gasteiger partial charge in [0.05, 0.1) is 18.6 Å². The third-order valence-corrected chi connectivity index (χ3v) is 6.25. The first kappa shape index (κ1) is 26.9. The standard InChI is InChI=1S/C23H30N2O8S/c1-14(2)10-11-32-18-8-7-17(12-19(18)31-5)23(28)24-25-34(29,30)20-9-6-15(3)22(16(20)4)33-13-21(26)27/h6-9,12,14,25H,10-11,13H2,1-5H3,(H,24,28)(H,26,27). The Morgan fingerprint density at radius 1 is 1.06 bits per heavy atom. The maximum absolute atomic E-state index is 12.8. The number of carboxylic acids is 1. The molecule has 0 heterocycles. The zero-order chi connectivity index (χ0) is 25.5. The van der Waals surface area contributed by atoms with Gasteiger partial charge in [-0.1, -0.05) is 19.9 Å². The van der Waals surface area contributed by atoms with Crippen molar-refractivity contribution in [3.8, 4) is 17.2 Å². The first-order chi connectivity index (χ1) is 16.0. The number of carbonyl (C=O) groups is 2. The lowest BCUT2D eigenvalue weighted by atomic mass is 10.1. The Labute approximate surface area is 199 Å². The summed E-state index contributed by atoms with van der Waals surface area (Å²) in [5.41, 5.74) is 3.11. The number of aryl methyl sites for hydroxylation is 1. The van der Waals surface area contributed by atoms with Gasteiger partial charge in [0.1, 0.15) is 5.75 Å². The maximum Gasteiger partial charge on any atom is 0.341 e. The van der Waals surface area contributed by atoms with E-state index in [2.05, 4.69) is 24.1 Å². The van der Waals surface area contributed by atoms with Crippen molar-refractivity contribution in [3.63, 3.8) is 0 Å². The Hall–Kier alpha value is -3.31. The summed E-state index contributed by atoms with van der Waals surface area (Å²) >= 11 is 0. The van der Waals surface area contributed by atoms with Crippen molar-refractivity contribution in [1.29, 1.82) is 0 Å². The van der Waals surface area contributed by atoms with Crippen molar-refractivity contribution in [1.82, 2.24) is 10.3 Å². The van der Waals surface area contributed by atoms with E-state index < -0.39 is 28.5 Å². The number of nitrogens with one attached hydrogen (secondary N) is 2. The number of sulfonamides is 1. The number of hydrazine groups is 1. The molecule has 2 rings (SSSR count). The van der Waals surface area contributed by atoms with E-state index in [1.54, 1.807) is 13.0 Å². The highest BCUT2D eigenvalue weighted by Crippen LogP contribution is 2.30. The molecule has 11 heteroatoms. The van der Waals surface area contributed by atoms with Gasteiger partial charge in [-0.15, -0.1) is 4.83 Å². The van der Waals surface area contributed by atoms with E-state index in [9.17, 15) is 18.0 Å². The van der Waals surface area contributed by atoms with E-state index in [0.29, 0.717) is 29.6 Å². The van der Waals surface area contributed by atoms with Gasteiger partial charge in [0.2, 0.25) is 0 Å². The molecule has 0 aliphatic rings. The van der Waals surface area contributed by atoms with Crippen LogP contribution < -0.4 is 24.5 Å². The first-order valence-electron chi connectivity index (χ1n) is 10.5. The van der Waals surface area contributed by atoms with Gasteiger partial charge in [0.25, 0.3) is 15.9 Å². The Morgan fingerprint density at radius 3 is 2.38 bits per heavy atom. The molecule has 0 atom stereocenters. The van der Waals surface area contributed by atoms with E-state index in [-0.39, 0.29) is 21.8 Å². The second kappa shape index (κ2) is 11.7. The Kier molecular flexibility index (Phi) is 9.28. The summed E-state index contributed by atoms with van der Waals surface area (Å²) in [6.07, 6.45) is 0.856. The van der Waals surface area contributed by atoms with E-state index in [1.165, 1.54) is 38.3 Å². The summed E-state index contributed by atoms with van der Waals surface area (Å²) < 4.78 is 41.8. The number of hydrogen-bond donors (Lipinski definition) is 3. The molecule has 0 fully saturated rings. The number of rotatable bonds is 12. The molecule has 2 aromatic carbocycles. The second-order valence-corrected chi connectivity index (χ2v) is 9.62. The van der Waals surface area contributed by atoms with Gasteiger partial charge in [-0.2, -0.15) is 0 Å². The van der Waals surface area contributed by atoms with Crippen molar-refractivity contribution in [3.05, 3.63) is 47.0 Å². The molecule has 1 amide bonds. The van der Waals surface area contributed by atoms with Gasteiger partial charge in [-0.05, 0) is 56.0 Å². The van der Waals surface area contributed by atoms with Gasteiger partial charge < -0.3 is 19.3 Å². The van der Waals surface area contributed by atoms with Crippen LogP contribution in [0.2, 0.25) is 0 Å². The fourth-order valence-electron chi connectivity index (χ4n) is 3.03. The second-order valence-electron chi connectivity index (χ2n) is 7.97. The molecule has 3 N–H and O–H groups in total. The van der Waals surface area contributed by atoms with Gasteiger partial charge in [0.15, 0.2) is 18.1 Å². The normalized spacial score (nSPS) is 11.2. The van der Waals surface area contributed by atoms with Crippen LogP contribution in [-0.2, 0) is 14.8 Å². The number of amides is 1. The quantitative estimate of drug-likeness (QED) is 0.383. The molecule has 0 unspecified atom stereocenters. The number of aliphatic carboxylic acids is 1. The molecule has 10 nitrogen and oxygen atoms in total. The fraction of sp³-hybridized carbons (Fsp3) is 0.391. The summed E-state index contributed by atoms with van der Waals surface area (Å²) in [6, 6.07) is 7.36. The monoisotopic (exact) mass is 494 g/mol. The van der Waals surface area contributed by atoms with Gasteiger partial charge in [0, 0.05) is 11.1 Å². The molecule has 34 heavy (non-hydrogen) atoms. The zero-order valence-electron chi connectivity index (χ0n) is 19.8. The van der Waals surface area contributed by atoms with Crippen molar-refractivity contribution in [2.24, 2.45) is 5.92 Å². The van der Waals surface area contributed by atoms with Crippen LogP contribution in [0, 0.1) is 19.8 Å². The molecule has 0 aromatic heterocycles. The van der Waals surface area contributed by atoms with Crippen LogP contribution in [0.3, 0.4) is 0 Å². The predicted octanol–water partition coefficient (Wildman–Crippen LogP) is 2.82. The largest absolute Gasteiger partial charge is 0.493 e. The van der Waals surface area contributed by atoms with Crippen molar-refractivity contribution in [2.45, 2.75) is 39.0 Å². The highest BCUT2D eigenvalue weighted by molar-refractivity contribution is 7.89. The summed E-state index contributed by atoms with van der Waals surface area (Å²) in [7, 11) is -2.74. The van der Waals surface area contributed by atoms with E-state index in [1.807, 2.05) is 0 Å². The van der Waals surface area contributed by atoms with Crippen LogP contribution in [0.5, 0.6) is 17.2 Å². The minimum atomic E-state index is -4.18. The Morgan fingerprint density at radius 2 is 1.76 bits per heavy atom. The molecule has 0 spiro atoms. The lowest BCUT2D eigenvalue weighted by molar-refractivity contribution is -0.139. The van der Waals surface area contributed by atoms with E-state index in [0.717, 1.165) is 6.42 Å². The molecule has 0 saturated heterocycles. The van der Waals surface area contributed by atoms with Gasteiger partial charge in [-0.25, -0.2) is 13.2 Å². The minimum absolute atomic E-state index is 0.148. The number of carboxylic acid groups (broad SMARTS) is 1. The molecule has 0 radical (unpaired) electrons. The van der Waals surface area contributed by atoms with E-state index >= 15 is 0 Å². The lowest BCUT2D eigenvalue weighted by Gasteiger charge is -2.16. The predicted molar refractivity (Wildman–Crippen MR) is 125 cm³/mol. The number of ether oxygens (including phenoxy) is 3. The number of hydrogen-bond acceptors (Lipinski definition) is 7. The average molecular weight is 495 g/mol. The summed E-state index contributed by atoms with van der Waals surface area (Å²) in [4.78, 5) is 25.3. The van der Waals surface area contributed by atoms with Crippen molar-refractivity contribution in [2.75, 3.05) is 20.3 Å². The fourth-order valence-corrected chi connectivity index (χ4v) is 4.11. The van der Waals surface area contributed by atoms with Crippen molar-refractivity contribution < 1.29 is 37.3 Å². The highest BCUT2D eigenvalue weighted by Gasteiger charge is 2.22.